The van der Waals surface area contributed by atoms with Gasteiger partial charge in [-0.05, 0) is 18.2 Å². The summed E-state index contributed by atoms with van der Waals surface area (Å²) in [4.78, 5) is 13.6. The van der Waals surface area contributed by atoms with Gasteiger partial charge >= 0.3 is 0 Å². The minimum atomic E-state index is -0.152. The molecular weight excluding hydrogens is 318 g/mol. The van der Waals surface area contributed by atoms with Gasteiger partial charge in [0.2, 0.25) is 0 Å². The molecule has 0 saturated carbocycles. The van der Waals surface area contributed by atoms with Crippen LogP contribution in [0.1, 0.15) is 10.4 Å². The minimum Gasteiger partial charge on any atom is -0.335 e. The summed E-state index contributed by atoms with van der Waals surface area (Å²) >= 11 is 9.37. The molecule has 98 valence electrons. The summed E-state index contributed by atoms with van der Waals surface area (Å²) in [5.41, 5.74) is 3.40. The summed E-state index contributed by atoms with van der Waals surface area (Å²) in [6.45, 7) is 3.80. The van der Waals surface area contributed by atoms with E-state index in [0.29, 0.717) is 10.6 Å². The van der Waals surface area contributed by atoms with E-state index in [2.05, 4.69) is 28.4 Å². The van der Waals surface area contributed by atoms with E-state index >= 15 is 0 Å². The topological polar surface area (TPSA) is 36.8 Å². The molecule has 4 nitrogen and oxygen atoms in total. The predicted octanol–water partition coefficient (Wildman–Crippen LogP) is 0.578. The van der Waals surface area contributed by atoms with Gasteiger partial charge in [-0.25, -0.2) is 5.01 Å². The molecule has 0 atom stereocenters. The average Bonchev–Trinajstić information content (AvgIpc) is 2.35. The molecule has 1 aromatic rings. The Kier molecular flexibility index (Phi) is 4.61. The van der Waals surface area contributed by atoms with E-state index in [1.165, 1.54) is 4.90 Å². The fourth-order valence-corrected chi connectivity index (χ4v) is 2.44. The molecule has 1 fully saturated rings. The van der Waals surface area contributed by atoms with E-state index in [1.54, 1.807) is 12.1 Å². The second-order valence-corrected chi connectivity index (χ2v) is 5.83. The van der Waals surface area contributed by atoms with Crippen LogP contribution in [0.5, 0.6) is 0 Å². The highest BCUT2D eigenvalue weighted by Crippen LogP contribution is 2.20. The Labute approximate surface area is 120 Å². The highest BCUT2D eigenvalue weighted by molar-refractivity contribution is 9.10. The molecule has 1 saturated heterocycles. The lowest BCUT2D eigenvalue weighted by Crippen LogP contribution is -3.12. The molecule has 18 heavy (non-hydrogen) atoms. The van der Waals surface area contributed by atoms with E-state index in [9.17, 15) is 4.79 Å². The monoisotopic (exact) mass is 332 g/mol. The first kappa shape index (κ1) is 13.8. The third kappa shape index (κ3) is 3.45. The Morgan fingerprint density at radius 1 is 1.44 bits per heavy atom. The Hall–Kier alpha value is -0.620. The van der Waals surface area contributed by atoms with Crippen molar-refractivity contribution in [3.05, 3.63) is 33.3 Å². The molecule has 0 aliphatic carbocycles. The lowest BCUT2D eigenvalue weighted by atomic mass is 10.2. The second kappa shape index (κ2) is 6.02. The number of rotatable bonds is 2. The fourth-order valence-electron chi connectivity index (χ4n) is 1.88. The van der Waals surface area contributed by atoms with Crippen molar-refractivity contribution in [3.63, 3.8) is 0 Å². The average molecular weight is 334 g/mol. The zero-order valence-electron chi connectivity index (χ0n) is 10.2. The predicted molar refractivity (Wildman–Crippen MR) is 74.8 cm³/mol. The molecule has 1 aromatic carbocycles. The Bertz CT molecular complexity index is 447. The van der Waals surface area contributed by atoms with Gasteiger partial charge in [-0.15, -0.1) is 0 Å². The minimum absolute atomic E-state index is 0.152. The molecule has 0 bridgehead atoms. The van der Waals surface area contributed by atoms with Crippen LogP contribution in [0.15, 0.2) is 22.7 Å². The van der Waals surface area contributed by atoms with Gasteiger partial charge in [0.15, 0.2) is 0 Å². The maximum absolute atomic E-state index is 12.1. The number of nitrogens with zero attached hydrogens (tertiary/aromatic N) is 1. The second-order valence-electron chi connectivity index (χ2n) is 4.51. The Morgan fingerprint density at radius 3 is 2.78 bits per heavy atom. The smallest absolute Gasteiger partial charge is 0.267 e. The summed E-state index contributed by atoms with van der Waals surface area (Å²) in [6, 6.07) is 5.27. The van der Waals surface area contributed by atoms with Gasteiger partial charge in [0.1, 0.15) is 0 Å². The van der Waals surface area contributed by atoms with Crippen molar-refractivity contribution in [1.82, 2.24) is 10.4 Å². The number of nitrogens with one attached hydrogen (secondary N) is 2. The van der Waals surface area contributed by atoms with Gasteiger partial charge in [0.25, 0.3) is 5.91 Å². The number of hydrogen-bond donors (Lipinski definition) is 2. The first-order valence-corrected chi connectivity index (χ1v) is 7.05. The summed E-state index contributed by atoms with van der Waals surface area (Å²) in [5, 5.41) is 2.42. The van der Waals surface area contributed by atoms with Crippen LogP contribution in [0.25, 0.3) is 0 Å². The van der Waals surface area contributed by atoms with Crippen LogP contribution >= 0.6 is 27.5 Å². The number of piperazine rings is 1. The number of carbonyl (C=O) groups is 1. The molecule has 0 spiro atoms. The fraction of sp³-hybridized carbons (Fsp3) is 0.417. The number of amides is 1. The van der Waals surface area contributed by atoms with E-state index in [-0.39, 0.29) is 5.91 Å². The number of hydrogen-bond acceptors (Lipinski definition) is 2. The zero-order valence-corrected chi connectivity index (χ0v) is 12.5. The summed E-state index contributed by atoms with van der Waals surface area (Å²) < 4.78 is 0.847. The zero-order chi connectivity index (χ0) is 13.1. The largest absolute Gasteiger partial charge is 0.335 e. The highest BCUT2D eigenvalue weighted by atomic mass is 79.9. The van der Waals surface area contributed by atoms with Crippen LogP contribution in [0.4, 0.5) is 0 Å². The van der Waals surface area contributed by atoms with Gasteiger partial charge < -0.3 is 4.90 Å². The van der Waals surface area contributed by atoms with Gasteiger partial charge in [-0.2, -0.15) is 0 Å². The van der Waals surface area contributed by atoms with Gasteiger partial charge in [-0.3, -0.25) is 10.2 Å². The SMILES string of the molecule is C[NH+]1CCN(NC(=O)c2cc(Br)ccc2Cl)CC1. The first-order valence-electron chi connectivity index (χ1n) is 5.88. The van der Waals surface area contributed by atoms with Crippen molar-refractivity contribution in [2.45, 2.75) is 0 Å². The maximum atomic E-state index is 12.1. The van der Waals surface area contributed by atoms with Crippen molar-refractivity contribution < 1.29 is 9.69 Å². The maximum Gasteiger partial charge on any atom is 0.267 e. The van der Waals surface area contributed by atoms with Crippen molar-refractivity contribution in [2.75, 3.05) is 33.2 Å². The number of halogens is 2. The molecule has 0 radical (unpaired) electrons. The summed E-state index contributed by atoms with van der Waals surface area (Å²) in [5.74, 6) is -0.152. The lowest BCUT2D eigenvalue weighted by Gasteiger charge is -2.30. The number of benzene rings is 1. The van der Waals surface area contributed by atoms with E-state index in [4.69, 9.17) is 11.6 Å². The first-order chi connectivity index (χ1) is 8.56. The molecule has 1 aliphatic heterocycles. The standard InChI is InChI=1S/C12H15BrClN3O/c1-16-4-6-17(7-5-16)15-12(18)10-8-9(13)2-3-11(10)14/h2-3,8H,4-7H2,1H3,(H,15,18)/p+1. The van der Waals surface area contributed by atoms with Crippen LogP contribution in [0.2, 0.25) is 5.02 Å². The quantitative estimate of drug-likeness (QED) is 0.831. The molecule has 0 unspecified atom stereocenters. The highest BCUT2D eigenvalue weighted by Gasteiger charge is 2.19. The molecule has 2 rings (SSSR count). The van der Waals surface area contributed by atoms with E-state index in [1.807, 2.05) is 11.1 Å². The molecule has 2 N–H and O–H groups in total. The van der Waals surface area contributed by atoms with Crippen LogP contribution in [-0.4, -0.2) is 44.1 Å². The summed E-state index contributed by atoms with van der Waals surface area (Å²) in [6.07, 6.45) is 0. The number of quaternary nitrogens is 1. The Balaban J connectivity index is 2.01. The molecule has 1 aliphatic rings. The normalized spacial score (nSPS) is 17.7. The molecular formula is C12H16BrClN3O+. The van der Waals surface area contributed by atoms with Crippen molar-refractivity contribution >= 4 is 33.4 Å². The van der Waals surface area contributed by atoms with Gasteiger partial charge in [-0.1, -0.05) is 27.5 Å². The molecule has 1 amide bonds. The van der Waals surface area contributed by atoms with Crippen LogP contribution < -0.4 is 10.3 Å². The van der Waals surface area contributed by atoms with E-state index in [0.717, 1.165) is 30.7 Å². The van der Waals surface area contributed by atoms with Crippen LogP contribution in [-0.2, 0) is 0 Å². The van der Waals surface area contributed by atoms with Crippen molar-refractivity contribution in [1.29, 1.82) is 0 Å². The van der Waals surface area contributed by atoms with E-state index < -0.39 is 0 Å². The van der Waals surface area contributed by atoms with Gasteiger partial charge in [0, 0.05) is 4.47 Å². The Morgan fingerprint density at radius 2 is 2.11 bits per heavy atom. The van der Waals surface area contributed by atoms with Crippen LogP contribution in [0, 0.1) is 0 Å². The van der Waals surface area contributed by atoms with Crippen molar-refractivity contribution in [3.8, 4) is 0 Å². The molecule has 0 aromatic heterocycles. The third-order valence-electron chi connectivity index (χ3n) is 3.05. The lowest BCUT2D eigenvalue weighted by molar-refractivity contribution is -0.884. The number of hydrazine groups is 1. The number of likely N-dealkylation sites (N-methyl/N-ethyl adjacent to an activating group) is 1. The molecule has 6 heteroatoms. The number of carbonyl (C=O) groups excluding carboxylic acids is 1. The molecule has 1 heterocycles. The van der Waals surface area contributed by atoms with Crippen LogP contribution in [0.3, 0.4) is 0 Å². The third-order valence-corrected chi connectivity index (χ3v) is 3.87. The summed E-state index contributed by atoms with van der Waals surface area (Å²) in [7, 11) is 2.16. The van der Waals surface area contributed by atoms with Gasteiger partial charge in [0.05, 0.1) is 43.8 Å². The van der Waals surface area contributed by atoms with Crippen molar-refractivity contribution in [2.24, 2.45) is 0 Å².